The molecule has 0 radical (unpaired) electrons. The Morgan fingerprint density at radius 1 is 1.31 bits per heavy atom. The van der Waals surface area contributed by atoms with Gasteiger partial charge in [0.1, 0.15) is 5.75 Å². The highest BCUT2D eigenvalue weighted by Gasteiger charge is 2.07. The van der Waals surface area contributed by atoms with Crippen LogP contribution in [0.25, 0.3) is 11.3 Å². The van der Waals surface area contributed by atoms with E-state index in [0.29, 0.717) is 5.88 Å². The number of thiazole rings is 1. The number of aryl methyl sites for hydroxylation is 1. The summed E-state index contributed by atoms with van der Waals surface area (Å²) in [5, 5.41) is 0. The first-order valence-electron chi connectivity index (χ1n) is 4.98. The van der Waals surface area contributed by atoms with E-state index < -0.39 is 0 Å². The predicted octanol–water partition coefficient (Wildman–Crippen LogP) is 3.60. The van der Waals surface area contributed by atoms with Crippen LogP contribution in [0.1, 0.15) is 4.88 Å². The number of alkyl halides is 1. The van der Waals surface area contributed by atoms with Crippen molar-refractivity contribution in [2.75, 3.05) is 13.0 Å². The van der Waals surface area contributed by atoms with Gasteiger partial charge in [-0.05, 0) is 30.7 Å². The number of benzene rings is 1. The molecule has 0 atom stereocenters. The molecule has 0 spiro atoms. The molecule has 0 saturated carbocycles. The first-order valence-corrected chi connectivity index (χ1v) is 6.39. The number of halogens is 1. The van der Waals surface area contributed by atoms with Crippen LogP contribution in [0.2, 0.25) is 0 Å². The van der Waals surface area contributed by atoms with E-state index in [1.54, 1.807) is 18.4 Å². The minimum absolute atomic E-state index is 0.630. The highest BCUT2D eigenvalue weighted by molar-refractivity contribution is 7.10. The highest BCUT2D eigenvalue weighted by Crippen LogP contribution is 2.27. The van der Waals surface area contributed by atoms with Gasteiger partial charge in [0.05, 0.1) is 18.3 Å². The first-order chi connectivity index (χ1) is 7.85. The summed E-state index contributed by atoms with van der Waals surface area (Å²) in [7, 11) is 1.66. The largest absolute Gasteiger partial charge is 0.497 e. The van der Waals surface area contributed by atoms with Gasteiger partial charge in [-0.15, -0.1) is 22.9 Å². The lowest BCUT2D eigenvalue weighted by atomic mass is 10.1. The molecule has 0 unspecified atom stereocenters. The molecule has 0 bridgehead atoms. The van der Waals surface area contributed by atoms with Crippen LogP contribution in [0.5, 0.6) is 5.75 Å². The summed E-state index contributed by atoms with van der Waals surface area (Å²) in [6, 6.07) is 7.93. The lowest BCUT2D eigenvalue weighted by Crippen LogP contribution is -1.88. The zero-order chi connectivity index (χ0) is 11.4. The van der Waals surface area contributed by atoms with Crippen molar-refractivity contribution >= 4 is 22.9 Å². The standard InChI is InChI=1S/C12H12ClNOS/c1-15-10-4-2-9(3-5-10)12-11(6-7-13)16-8-14-12/h2-5,8H,6-7H2,1H3. The molecule has 0 aliphatic rings. The fourth-order valence-electron chi connectivity index (χ4n) is 1.52. The van der Waals surface area contributed by atoms with E-state index in [-0.39, 0.29) is 0 Å². The summed E-state index contributed by atoms with van der Waals surface area (Å²) in [5.74, 6) is 1.49. The van der Waals surface area contributed by atoms with Crippen LogP contribution in [-0.2, 0) is 6.42 Å². The van der Waals surface area contributed by atoms with E-state index in [1.165, 1.54) is 4.88 Å². The van der Waals surface area contributed by atoms with Crippen LogP contribution in [0.4, 0.5) is 0 Å². The van der Waals surface area contributed by atoms with Crippen LogP contribution >= 0.6 is 22.9 Å². The van der Waals surface area contributed by atoms with E-state index >= 15 is 0 Å². The molecule has 1 aromatic carbocycles. The Hall–Kier alpha value is -1.06. The molecule has 0 saturated heterocycles. The second-order valence-corrected chi connectivity index (χ2v) is 4.61. The molecule has 16 heavy (non-hydrogen) atoms. The molecule has 0 fully saturated rings. The van der Waals surface area contributed by atoms with Crippen LogP contribution in [0.3, 0.4) is 0 Å². The van der Waals surface area contributed by atoms with E-state index in [9.17, 15) is 0 Å². The summed E-state index contributed by atoms with van der Waals surface area (Å²) < 4.78 is 5.13. The van der Waals surface area contributed by atoms with Gasteiger partial charge in [0, 0.05) is 16.3 Å². The molecule has 0 amide bonds. The Morgan fingerprint density at radius 3 is 2.69 bits per heavy atom. The number of aromatic nitrogens is 1. The molecule has 0 aliphatic carbocycles. The Kier molecular flexibility index (Phi) is 3.80. The quantitative estimate of drug-likeness (QED) is 0.777. The fourth-order valence-corrected chi connectivity index (χ4v) is 2.61. The number of hydrogen-bond acceptors (Lipinski definition) is 3. The Labute approximate surface area is 104 Å². The van der Waals surface area contributed by atoms with Crippen LogP contribution in [0, 0.1) is 0 Å². The molecular weight excluding hydrogens is 242 g/mol. The van der Waals surface area contributed by atoms with Gasteiger partial charge in [0.2, 0.25) is 0 Å². The van der Waals surface area contributed by atoms with Crippen molar-refractivity contribution in [2.24, 2.45) is 0 Å². The minimum Gasteiger partial charge on any atom is -0.497 e. The molecule has 0 N–H and O–H groups in total. The Bertz CT molecular complexity index is 452. The van der Waals surface area contributed by atoms with Gasteiger partial charge in [0.25, 0.3) is 0 Å². The van der Waals surface area contributed by atoms with E-state index in [4.69, 9.17) is 16.3 Å². The second-order valence-electron chi connectivity index (χ2n) is 3.29. The highest BCUT2D eigenvalue weighted by atomic mass is 35.5. The summed E-state index contributed by atoms with van der Waals surface area (Å²) in [6.07, 6.45) is 0.869. The van der Waals surface area contributed by atoms with Gasteiger partial charge in [-0.3, -0.25) is 0 Å². The van der Waals surface area contributed by atoms with Crippen LogP contribution < -0.4 is 4.74 Å². The molecule has 2 rings (SSSR count). The summed E-state index contributed by atoms with van der Waals surface area (Å²) in [4.78, 5) is 5.62. The third-order valence-electron chi connectivity index (χ3n) is 2.33. The van der Waals surface area contributed by atoms with Crippen molar-refractivity contribution in [3.63, 3.8) is 0 Å². The van der Waals surface area contributed by atoms with Crippen LogP contribution in [0.15, 0.2) is 29.8 Å². The molecule has 2 aromatic rings. The van der Waals surface area contributed by atoms with Gasteiger partial charge in [0.15, 0.2) is 0 Å². The summed E-state index contributed by atoms with van der Waals surface area (Å²) in [6.45, 7) is 0. The number of rotatable bonds is 4. The molecule has 2 nitrogen and oxygen atoms in total. The molecule has 1 aromatic heterocycles. The third-order valence-corrected chi connectivity index (χ3v) is 3.41. The number of ether oxygens (including phenoxy) is 1. The third kappa shape index (κ3) is 2.36. The zero-order valence-electron chi connectivity index (χ0n) is 8.94. The van der Waals surface area contributed by atoms with Crippen molar-refractivity contribution in [2.45, 2.75) is 6.42 Å². The Balaban J connectivity index is 2.31. The molecule has 84 valence electrons. The summed E-state index contributed by atoms with van der Waals surface area (Å²) >= 11 is 7.41. The Morgan fingerprint density at radius 2 is 2.06 bits per heavy atom. The molecule has 0 aliphatic heterocycles. The van der Waals surface area contributed by atoms with Gasteiger partial charge >= 0.3 is 0 Å². The SMILES string of the molecule is COc1ccc(-c2ncsc2CCCl)cc1. The number of methoxy groups -OCH3 is 1. The second kappa shape index (κ2) is 5.32. The normalized spacial score (nSPS) is 10.4. The van der Waals surface area contributed by atoms with Gasteiger partial charge in [-0.25, -0.2) is 4.98 Å². The minimum atomic E-state index is 0.630. The molecule has 1 heterocycles. The lowest BCUT2D eigenvalue weighted by Gasteiger charge is -2.03. The maximum atomic E-state index is 5.76. The monoisotopic (exact) mass is 253 g/mol. The fraction of sp³-hybridized carbons (Fsp3) is 0.250. The predicted molar refractivity (Wildman–Crippen MR) is 68.5 cm³/mol. The maximum absolute atomic E-state index is 5.76. The van der Waals surface area contributed by atoms with Gasteiger partial charge < -0.3 is 4.74 Å². The average Bonchev–Trinajstić information content (AvgIpc) is 2.78. The van der Waals surface area contributed by atoms with Crippen molar-refractivity contribution in [3.05, 3.63) is 34.7 Å². The van der Waals surface area contributed by atoms with E-state index in [0.717, 1.165) is 23.4 Å². The lowest BCUT2D eigenvalue weighted by molar-refractivity contribution is 0.415. The zero-order valence-corrected chi connectivity index (χ0v) is 10.5. The van der Waals surface area contributed by atoms with Crippen molar-refractivity contribution < 1.29 is 4.74 Å². The van der Waals surface area contributed by atoms with E-state index in [2.05, 4.69) is 4.98 Å². The molecule has 4 heteroatoms. The van der Waals surface area contributed by atoms with E-state index in [1.807, 2.05) is 29.8 Å². The maximum Gasteiger partial charge on any atom is 0.118 e. The van der Waals surface area contributed by atoms with Crippen molar-refractivity contribution in [1.82, 2.24) is 4.98 Å². The number of nitrogens with zero attached hydrogens (tertiary/aromatic N) is 1. The first kappa shape index (κ1) is 11.4. The van der Waals surface area contributed by atoms with Crippen molar-refractivity contribution in [1.29, 1.82) is 0 Å². The topological polar surface area (TPSA) is 22.1 Å². The average molecular weight is 254 g/mol. The van der Waals surface area contributed by atoms with Gasteiger partial charge in [-0.2, -0.15) is 0 Å². The summed E-state index contributed by atoms with van der Waals surface area (Å²) in [5.41, 5.74) is 4.01. The molecular formula is C12H12ClNOS. The van der Waals surface area contributed by atoms with Crippen molar-refractivity contribution in [3.8, 4) is 17.0 Å². The van der Waals surface area contributed by atoms with Gasteiger partial charge in [-0.1, -0.05) is 0 Å². The number of hydrogen-bond donors (Lipinski definition) is 0. The smallest absolute Gasteiger partial charge is 0.118 e. The van der Waals surface area contributed by atoms with Crippen LogP contribution in [-0.4, -0.2) is 18.0 Å².